The molecule has 0 bridgehead atoms. The van der Waals surface area contributed by atoms with E-state index in [1.165, 1.54) is 5.92 Å². The zero-order valence-corrected chi connectivity index (χ0v) is 16.2. The topological polar surface area (TPSA) is 9.23 Å². The molecule has 0 saturated heterocycles. The second kappa shape index (κ2) is 9.27. The lowest BCUT2D eigenvalue weighted by Crippen LogP contribution is -2.38. The monoisotopic (exact) mass is 424 g/mol. The summed E-state index contributed by atoms with van der Waals surface area (Å²) in [5.41, 5.74) is -1.15. The first-order chi connectivity index (χ1) is 13.4. The van der Waals surface area contributed by atoms with Crippen LogP contribution in [-0.4, -0.2) is 12.3 Å². The van der Waals surface area contributed by atoms with Crippen LogP contribution >= 0.6 is 0 Å². The highest BCUT2D eigenvalue weighted by Crippen LogP contribution is 2.42. The Labute approximate surface area is 165 Å². The van der Waals surface area contributed by atoms with E-state index in [1.54, 1.807) is 0 Å². The summed E-state index contributed by atoms with van der Waals surface area (Å²) in [6.07, 6.45) is -4.81. The normalized spacial score (nSPS) is 21.3. The first kappa shape index (κ1) is 23.4. The molecule has 0 spiro atoms. The van der Waals surface area contributed by atoms with Crippen LogP contribution in [0.25, 0.3) is 0 Å². The molecule has 0 N–H and O–H groups in total. The third-order valence-corrected chi connectivity index (χ3v) is 5.39. The molecule has 1 aliphatic rings. The summed E-state index contributed by atoms with van der Waals surface area (Å²) in [5, 5.41) is 0. The molecule has 1 aromatic rings. The molecule has 0 heterocycles. The van der Waals surface area contributed by atoms with Gasteiger partial charge in [-0.1, -0.05) is 32.6 Å². The quantitative estimate of drug-likeness (QED) is 0.350. The zero-order valence-electron chi connectivity index (χ0n) is 16.2. The molecular formula is C21H23F7O. The van der Waals surface area contributed by atoms with Crippen LogP contribution in [0.15, 0.2) is 12.1 Å². The second-order valence-electron chi connectivity index (χ2n) is 7.55. The van der Waals surface area contributed by atoms with Crippen molar-refractivity contribution in [3.8, 4) is 17.6 Å². The Morgan fingerprint density at radius 1 is 1.03 bits per heavy atom. The maximum Gasteiger partial charge on any atom is 0.458 e. The van der Waals surface area contributed by atoms with E-state index in [9.17, 15) is 30.7 Å². The van der Waals surface area contributed by atoms with Crippen LogP contribution in [0.3, 0.4) is 0 Å². The van der Waals surface area contributed by atoms with Crippen molar-refractivity contribution in [3.63, 3.8) is 0 Å². The SMILES string of the molecule is CCCC(C)C1CCC(C(F)(F)Oc2cc(F)c(C#CC(F)(F)F)c(F)c2)CC1. The van der Waals surface area contributed by atoms with Crippen LogP contribution in [-0.2, 0) is 0 Å². The first-order valence-corrected chi connectivity index (χ1v) is 9.58. The summed E-state index contributed by atoms with van der Waals surface area (Å²) in [4.78, 5) is 0. The molecule has 1 unspecified atom stereocenters. The van der Waals surface area contributed by atoms with Gasteiger partial charge < -0.3 is 4.74 Å². The van der Waals surface area contributed by atoms with Crippen molar-refractivity contribution < 1.29 is 35.5 Å². The van der Waals surface area contributed by atoms with Gasteiger partial charge in [-0.3, -0.25) is 0 Å². The van der Waals surface area contributed by atoms with E-state index < -0.39 is 41.2 Å². The van der Waals surface area contributed by atoms with Gasteiger partial charge in [0.15, 0.2) is 0 Å². The third kappa shape index (κ3) is 6.55. The lowest BCUT2D eigenvalue weighted by molar-refractivity contribution is -0.224. The number of halogens is 7. The largest absolute Gasteiger partial charge is 0.458 e. The molecule has 2 rings (SSSR count). The third-order valence-electron chi connectivity index (χ3n) is 5.39. The van der Waals surface area contributed by atoms with Crippen molar-refractivity contribution in [2.24, 2.45) is 17.8 Å². The van der Waals surface area contributed by atoms with Gasteiger partial charge in [-0.05, 0) is 37.5 Å². The highest BCUT2D eigenvalue weighted by Gasteiger charge is 2.44. The van der Waals surface area contributed by atoms with Crippen LogP contribution in [0.4, 0.5) is 30.7 Å². The predicted molar refractivity (Wildman–Crippen MR) is 94.4 cm³/mol. The Kier molecular flexibility index (Phi) is 7.47. The molecule has 1 aromatic carbocycles. The van der Waals surface area contributed by atoms with Gasteiger partial charge in [0.1, 0.15) is 17.4 Å². The summed E-state index contributed by atoms with van der Waals surface area (Å²) in [7, 11) is 0. The average molecular weight is 424 g/mol. The Balaban J connectivity index is 2.08. The molecule has 1 fully saturated rings. The van der Waals surface area contributed by atoms with Gasteiger partial charge in [0.2, 0.25) is 0 Å². The second-order valence-corrected chi connectivity index (χ2v) is 7.55. The minimum Gasteiger partial charge on any atom is -0.432 e. The lowest BCUT2D eigenvalue weighted by Gasteiger charge is -2.35. The molecule has 29 heavy (non-hydrogen) atoms. The first-order valence-electron chi connectivity index (χ1n) is 9.58. The molecule has 1 saturated carbocycles. The van der Waals surface area contributed by atoms with E-state index in [4.69, 9.17) is 0 Å². The van der Waals surface area contributed by atoms with Crippen LogP contribution in [0.1, 0.15) is 57.9 Å². The fourth-order valence-corrected chi connectivity index (χ4v) is 3.82. The van der Waals surface area contributed by atoms with Crippen molar-refractivity contribution in [1.29, 1.82) is 0 Å². The van der Waals surface area contributed by atoms with Crippen molar-refractivity contribution in [1.82, 2.24) is 0 Å². The van der Waals surface area contributed by atoms with Gasteiger partial charge in [-0.15, -0.1) is 0 Å². The van der Waals surface area contributed by atoms with Crippen molar-refractivity contribution in [2.45, 2.75) is 64.7 Å². The molecule has 162 valence electrons. The number of rotatable bonds is 6. The smallest absolute Gasteiger partial charge is 0.432 e. The molecule has 8 heteroatoms. The van der Waals surface area contributed by atoms with Crippen molar-refractivity contribution in [3.05, 3.63) is 29.3 Å². The molecule has 0 aliphatic heterocycles. The van der Waals surface area contributed by atoms with E-state index in [0.29, 0.717) is 36.8 Å². The molecule has 1 nitrogen and oxygen atoms in total. The molecule has 1 aliphatic carbocycles. The van der Waals surface area contributed by atoms with Gasteiger partial charge in [0.25, 0.3) is 0 Å². The fourth-order valence-electron chi connectivity index (χ4n) is 3.82. The van der Waals surface area contributed by atoms with Crippen LogP contribution in [0.2, 0.25) is 0 Å². The van der Waals surface area contributed by atoms with Gasteiger partial charge in [-0.25, -0.2) is 8.78 Å². The molecule has 1 atom stereocenters. The fraction of sp³-hybridized carbons (Fsp3) is 0.619. The van der Waals surface area contributed by atoms with Gasteiger partial charge in [0.05, 0.1) is 11.5 Å². The van der Waals surface area contributed by atoms with E-state index in [-0.39, 0.29) is 12.8 Å². The Bertz CT molecular complexity index is 730. The molecule has 0 amide bonds. The van der Waals surface area contributed by atoms with Crippen LogP contribution < -0.4 is 4.74 Å². The van der Waals surface area contributed by atoms with Gasteiger partial charge in [0, 0.05) is 18.1 Å². The summed E-state index contributed by atoms with van der Waals surface area (Å²) < 4.78 is 97.6. The maximum absolute atomic E-state index is 14.5. The molecule has 0 radical (unpaired) electrons. The van der Waals surface area contributed by atoms with Crippen LogP contribution in [0.5, 0.6) is 5.75 Å². The van der Waals surface area contributed by atoms with E-state index in [1.807, 2.05) is 0 Å². The maximum atomic E-state index is 14.5. The zero-order chi connectivity index (χ0) is 21.8. The average Bonchev–Trinajstić information content (AvgIpc) is 2.60. The summed E-state index contributed by atoms with van der Waals surface area (Å²) >= 11 is 0. The highest BCUT2D eigenvalue weighted by atomic mass is 19.4. The van der Waals surface area contributed by atoms with E-state index in [2.05, 4.69) is 18.6 Å². The number of hydrogen-bond acceptors (Lipinski definition) is 1. The van der Waals surface area contributed by atoms with Crippen molar-refractivity contribution in [2.75, 3.05) is 0 Å². The summed E-state index contributed by atoms with van der Waals surface area (Å²) in [5.74, 6) is -1.99. The lowest BCUT2D eigenvalue weighted by atomic mass is 9.75. The molecular weight excluding hydrogens is 401 g/mol. The Hall–Kier alpha value is -1.91. The molecule has 0 aromatic heterocycles. The van der Waals surface area contributed by atoms with Gasteiger partial charge >= 0.3 is 12.3 Å². The number of alkyl halides is 5. The summed E-state index contributed by atoms with van der Waals surface area (Å²) in [6, 6.07) is 0.846. The van der Waals surface area contributed by atoms with E-state index >= 15 is 0 Å². The number of hydrogen-bond donors (Lipinski definition) is 0. The van der Waals surface area contributed by atoms with Crippen LogP contribution in [0, 0.1) is 41.2 Å². The number of ether oxygens (including phenoxy) is 1. The summed E-state index contributed by atoms with van der Waals surface area (Å²) in [6.45, 7) is 4.18. The van der Waals surface area contributed by atoms with Crippen molar-refractivity contribution >= 4 is 0 Å². The van der Waals surface area contributed by atoms with E-state index in [0.717, 1.165) is 18.8 Å². The highest BCUT2D eigenvalue weighted by molar-refractivity contribution is 5.41. The standard InChI is InChI=1S/C21H23F7O/c1-3-4-13(2)14-5-7-15(8-6-14)21(27,28)29-16-11-18(22)17(19(23)12-16)9-10-20(24,25)26/h11-15H,3-8H2,1-2H3. The minimum atomic E-state index is -4.94. The Morgan fingerprint density at radius 3 is 2.07 bits per heavy atom. The number of benzene rings is 1. The minimum absolute atomic E-state index is 0.228. The predicted octanol–water partition coefficient (Wildman–Crippen LogP) is 7.09. The van der Waals surface area contributed by atoms with Gasteiger partial charge in [-0.2, -0.15) is 22.0 Å². The Morgan fingerprint density at radius 2 is 1.59 bits per heavy atom.